The van der Waals surface area contributed by atoms with E-state index in [2.05, 4.69) is 21.4 Å². The van der Waals surface area contributed by atoms with Crippen LogP contribution in [-0.2, 0) is 10.5 Å². The lowest BCUT2D eigenvalue weighted by Crippen LogP contribution is -2.31. The Kier molecular flexibility index (Phi) is 5.24. The number of halogens is 1. The topological polar surface area (TPSA) is 74.8 Å². The van der Waals surface area contributed by atoms with Crippen molar-refractivity contribution in [3.05, 3.63) is 86.2 Å². The van der Waals surface area contributed by atoms with E-state index in [1.54, 1.807) is 12.1 Å². The van der Waals surface area contributed by atoms with Crippen molar-refractivity contribution >= 4 is 35.1 Å². The maximum Gasteiger partial charge on any atom is 0.257 e. The molecule has 2 heterocycles. The SMILES string of the molecule is Cc1cccc(CSc2nc3c(c(=O)[nH]2)C(c2ccc(Cl)cc2)CC(=O)N3)c1. The minimum atomic E-state index is -0.340. The van der Waals surface area contributed by atoms with Gasteiger partial charge in [-0.2, -0.15) is 0 Å². The fraction of sp³-hybridized carbons (Fsp3) is 0.190. The summed E-state index contributed by atoms with van der Waals surface area (Å²) < 4.78 is 0. The number of hydrogen-bond donors (Lipinski definition) is 2. The number of fused-ring (bicyclic) bond motifs is 1. The normalized spacial score (nSPS) is 15.8. The molecule has 0 radical (unpaired) electrons. The van der Waals surface area contributed by atoms with Crippen molar-refractivity contribution in [3.8, 4) is 0 Å². The highest BCUT2D eigenvalue weighted by Crippen LogP contribution is 2.35. The number of aromatic nitrogens is 2. The summed E-state index contributed by atoms with van der Waals surface area (Å²) in [6.07, 6.45) is 0.204. The summed E-state index contributed by atoms with van der Waals surface area (Å²) in [5, 5.41) is 3.85. The molecule has 7 heteroatoms. The fourth-order valence-corrected chi connectivity index (χ4v) is 4.28. The Hall–Kier alpha value is -2.57. The molecule has 0 bridgehead atoms. The number of H-pyrrole nitrogens is 1. The molecule has 3 aromatic rings. The van der Waals surface area contributed by atoms with Gasteiger partial charge >= 0.3 is 0 Å². The van der Waals surface area contributed by atoms with Crippen LogP contribution in [-0.4, -0.2) is 15.9 Å². The van der Waals surface area contributed by atoms with Crippen LogP contribution in [0, 0.1) is 6.92 Å². The molecule has 0 spiro atoms. The second-order valence-corrected chi connectivity index (χ2v) is 8.17. The van der Waals surface area contributed by atoms with Gasteiger partial charge in [0.1, 0.15) is 5.82 Å². The summed E-state index contributed by atoms with van der Waals surface area (Å²) in [4.78, 5) is 32.4. The number of nitrogens with zero attached hydrogens (tertiary/aromatic N) is 1. The predicted molar refractivity (Wildman–Crippen MR) is 112 cm³/mol. The van der Waals surface area contributed by atoms with Gasteiger partial charge in [-0.05, 0) is 30.2 Å². The van der Waals surface area contributed by atoms with Crippen LogP contribution >= 0.6 is 23.4 Å². The van der Waals surface area contributed by atoms with E-state index in [1.807, 2.05) is 37.3 Å². The summed E-state index contributed by atoms with van der Waals surface area (Å²) in [6, 6.07) is 15.4. The van der Waals surface area contributed by atoms with Gasteiger partial charge in [0.2, 0.25) is 5.91 Å². The molecular formula is C21H18ClN3O2S. The molecule has 4 rings (SSSR count). The molecule has 142 valence electrons. The number of aryl methyl sites for hydroxylation is 1. The lowest BCUT2D eigenvalue weighted by atomic mass is 9.87. The zero-order chi connectivity index (χ0) is 19.7. The average molecular weight is 412 g/mol. The van der Waals surface area contributed by atoms with Crippen molar-refractivity contribution in [2.45, 2.75) is 30.2 Å². The monoisotopic (exact) mass is 411 g/mol. The minimum absolute atomic E-state index is 0.153. The van der Waals surface area contributed by atoms with E-state index in [1.165, 1.54) is 17.3 Å². The van der Waals surface area contributed by atoms with Crippen LogP contribution in [0.3, 0.4) is 0 Å². The maximum absolute atomic E-state index is 12.8. The van der Waals surface area contributed by atoms with Gasteiger partial charge in [-0.15, -0.1) is 0 Å². The van der Waals surface area contributed by atoms with E-state index in [9.17, 15) is 9.59 Å². The van der Waals surface area contributed by atoms with Crippen molar-refractivity contribution in [2.75, 3.05) is 5.32 Å². The lowest BCUT2D eigenvalue weighted by Gasteiger charge is -2.24. The van der Waals surface area contributed by atoms with E-state index >= 15 is 0 Å². The summed E-state index contributed by atoms with van der Waals surface area (Å²) in [5.41, 5.74) is 3.46. The second kappa shape index (κ2) is 7.81. The van der Waals surface area contributed by atoms with Crippen LogP contribution in [0.5, 0.6) is 0 Å². The second-order valence-electron chi connectivity index (χ2n) is 6.77. The number of anilines is 1. The summed E-state index contributed by atoms with van der Waals surface area (Å²) in [6.45, 7) is 2.04. The Labute approximate surface area is 171 Å². The Morgan fingerprint density at radius 2 is 1.96 bits per heavy atom. The van der Waals surface area contributed by atoms with Gasteiger partial charge in [-0.3, -0.25) is 9.59 Å². The number of thioether (sulfide) groups is 1. The van der Waals surface area contributed by atoms with Crippen LogP contribution in [0.1, 0.15) is 34.6 Å². The van der Waals surface area contributed by atoms with Gasteiger partial charge in [0, 0.05) is 23.1 Å². The zero-order valence-corrected chi connectivity index (χ0v) is 16.7. The molecule has 1 unspecified atom stereocenters. The molecule has 0 fully saturated rings. The summed E-state index contributed by atoms with van der Waals surface area (Å²) in [5.74, 6) is 0.526. The number of nitrogens with one attached hydrogen (secondary N) is 2. The van der Waals surface area contributed by atoms with Gasteiger partial charge in [-0.25, -0.2) is 4.98 Å². The first-order valence-corrected chi connectivity index (χ1v) is 10.2. The van der Waals surface area contributed by atoms with Crippen molar-refractivity contribution in [3.63, 3.8) is 0 Å². The third kappa shape index (κ3) is 3.98. The molecule has 1 amide bonds. The Bertz CT molecular complexity index is 1100. The third-order valence-corrected chi connectivity index (χ3v) is 5.86. The van der Waals surface area contributed by atoms with Gasteiger partial charge in [-0.1, -0.05) is 65.3 Å². The first-order valence-electron chi connectivity index (χ1n) is 8.87. The van der Waals surface area contributed by atoms with Crippen LogP contribution in [0.15, 0.2) is 58.5 Å². The van der Waals surface area contributed by atoms with Crippen molar-refractivity contribution in [2.24, 2.45) is 0 Å². The maximum atomic E-state index is 12.8. The molecule has 2 aromatic carbocycles. The van der Waals surface area contributed by atoms with Crippen LogP contribution < -0.4 is 10.9 Å². The van der Waals surface area contributed by atoms with Gasteiger partial charge in [0.25, 0.3) is 5.56 Å². The smallest absolute Gasteiger partial charge is 0.257 e. The highest BCUT2D eigenvalue weighted by atomic mass is 35.5. The number of aromatic amines is 1. The van der Waals surface area contributed by atoms with Crippen LogP contribution in [0.4, 0.5) is 5.82 Å². The number of carbonyl (C=O) groups is 1. The molecule has 28 heavy (non-hydrogen) atoms. The molecule has 1 atom stereocenters. The highest BCUT2D eigenvalue weighted by Gasteiger charge is 2.30. The number of rotatable bonds is 4. The summed E-state index contributed by atoms with van der Waals surface area (Å²) >= 11 is 7.40. The number of hydrogen-bond acceptors (Lipinski definition) is 4. The molecule has 2 N–H and O–H groups in total. The molecule has 0 aliphatic carbocycles. The quantitative estimate of drug-likeness (QED) is 0.489. The number of amides is 1. The average Bonchev–Trinajstić information content (AvgIpc) is 2.66. The molecule has 1 aliphatic rings. The Morgan fingerprint density at radius 1 is 1.18 bits per heavy atom. The molecule has 1 aliphatic heterocycles. The molecule has 0 saturated carbocycles. The van der Waals surface area contributed by atoms with Crippen molar-refractivity contribution in [1.29, 1.82) is 0 Å². The minimum Gasteiger partial charge on any atom is -0.310 e. The molecule has 5 nitrogen and oxygen atoms in total. The zero-order valence-electron chi connectivity index (χ0n) is 15.2. The van der Waals surface area contributed by atoms with E-state index in [0.717, 1.165) is 11.1 Å². The predicted octanol–water partition coefficient (Wildman–Crippen LogP) is 4.50. The third-order valence-electron chi connectivity index (χ3n) is 4.66. The van der Waals surface area contributed by atoms with E-state index in [4.69, 9.17) is 11.6 Å². The fourth-order valence-electron chi connectivity index (χ4n) is 3.35. The van der Waals surface area contributed by atoms with Crippen LogP contribution in [0.2, 0.25) is 5.02 Å². The van der Waals surface area contributed by atoms with Crippen molar-refractivity contribution in [1.82, 2.24) is 9.97 Å². The first kappa shape index (κ1) is 18.8. The lowest BCUT2D eigenvalue weighted by molar-refractivity contribution is -0.116. The standard InChI is InChI=1S/C21H18ClN3O2S/c1-12-3-2-4-13(9-12)11-28-21-24-19-18(20(27)25-21)16(10-17(26)23-19)14-5-7-15(22)8-6-14/h2-9,16H,10-11H2,1H3,(H2,23,24,25,26,27). The van der Waals surface area contributed by atoms with Crippen LogP contribution in [0.25, 0.3) is 0 Å². The Balaban J connectivity index is 1.65. The largest absolute Gasteiger partial charge is 0.310 e. The first-order chi connectivity index (χ1) is 13.5. The van der Waals surface area contributed by atoms with Gasteiger partial charge < -0.3 is 10.3 Å². The van der Waals surface area contributed by atoms with Gasteiger partial charge in [0.15, 0.2) is 5.16 Å². The van der Waals surface area contributed by atoms with E-state index in [-0.39, 0.29) is 23.8 Å². The summed E-state index contributed by atoms with van der Waals surface area (Å²) in [7, 11) is 0. The Morgan fingerprint density at radius 3 is 2.71 bits per heavy atom. The number of carbonyl (C=O) groups excluding carboxylic acids is 1. The van der Waals surface area contributed by atoms with E-state index < -0.39 is 0 Å². The molecule has 0 saturated heterocycles. The van der Waals surface area contributed by atoms with E-state index in [0.29, 0.717) is 27.3 Å². The number of benzene rings is 2. The van der Waals surface area contributed by atoms with Gasteiger partial charge in [0.05, 0.1) is 5.56 Å². The molecular weight excluding hydrogens is 394 g/mol. The molecule has 1 aromatic heterocycles. The highest BCUT2D eigenvalue weighted by molar-refractivity contribution is 7.98. The van der Waals surface area contributed by atoms with Crippen molar-refractivity contribution < 1.29 is 4.79 Å².